The molecule has 110 valence electrons. The topological polar surface area (TPSA) is 49.3 Å². The number of rotatable bonds is 4. The van der Waals surface area contributed by atoms with Gasteiger partial charge in [-0.1, -0.05) is 35.9 Å². The minimum Gasteiger partial charge on any atom is -0.386 e. The molecule has 3 nitrogen and oxygen atoms in total. The van der Waals surface area contributed by atoms with Gasteiger partial charge >= 0.3 is 0 Å². The summed E-state index contributed by atoms with van der Waals surface area (Å²) in [5, 5.41) is 12.6. The second kappa shape index (κ2) is 6.50. The minimum atomic E-state index is -1.07. The fraction of sp³-hybridized carbons (Fsp3) is 0.235. The van der Waals surface area contributed by atoms with Crippen LogP contribution in [0.5, 0.6) is 0 Å². The smallest absolute Gasteiger partial charge is 0.251 e. The second-order valence-corrected chi connectivity index (χ2v) is 5.07. The number of aliphatic hydroxyl groups excluding tert-OH is 1. The molecule has 0 radical (unpaired) electrons. The van der Waals surface area contributed by atoms with E-state index in [-0.39, 0.29) is 18.0 Å². The number of carbonyl (C=O) groups is 1. The highest BCUT2D eigenvalue weighted by atomic mass is 19.1. The van der Waals surface area contributed by atoms with Crippen LogP contribution in [-0.4, -0.2) is 17.6 Å². The molecular formula is C17H18FNO2. The fourth-order valence-corrected chi connectivity index (χ4v) is 2.12. The molecule has 0 fully saturated rings. The van der Waals surface area contributed by atoms with E-state index in [1.807, 2.05) is 26.0 Å². The van der Waals surface area contributed by atoms with Crippen LogP contribution in [0.15, 0.2) is 42.5 Å². The molecule has 1 amide bonds. The molecule has 0 aliphatic rings. The average Bonchev–Trinajstić information content (AvgIpc) is 2.47. The molecule has 0 saturated heterocycles. The Labute approximate surface area is 123 Å². The monoisotopic (exact) mass is 287 g/mol. The largest absolute Gasteiger partial charge is 0.386 e. The van der Waals surface area contributed by atoms with Gasteiger partial charge in [0.05, 0.1) is 6.10 Å². The summed E-state index contributed by atoms with van der Waals surface area (Å²) < 4.78 is 13.5. The molecule has 0 aromatic heterocycles. The summed E-state index contributed by atoms with van der Waals surface area (Å²) >= 11 is 0. The van der Waals surface area contributed by atoms with Crippen LogP contribution in [0, 0.1) is 19.7 Å². The maximum Gasteiger partial charge on any atom is 0.251 e. The summed E-state index contributed by atoms with van der Waals surface area (Å²) in [6.45, 7) is 3.72. The number of nitrogens with one attached hydrogen (secondary N) is 1. The van der Waals surface area contributed by atoms with Crippen molar-refractivity contribution in [2.75, 3.05) is 6.54 Å². The van der Waals surface area contributed by atoms with Crippen molar-refractivity contribution in [3.05, 3.63) is 70.5 Å². The van der Waals surface area contributed by atoms with Crippen molar-refractivity contribution < 1.29 is 14.3 Å². The Kier molecular flexibility index (Phi) is 4.70. The van der Waals surface area contributed by atoms with Crippen LogP contribution in [0.1, 0.15) is 33.2 Å². The molecule has 4 heteroatoms. The van der Waals surface area contributed by atoms with Gasteiger partial charge in [0.15, 0.2) is 0 Å². The SMILES string of the molecule is Cc1ccc(C)c(C(=O)NCC(O)c2ccccc2F)c1. The van der Waals surface area contributed by atoms with Gasteiger partial charge in [-0.3, -0.25) is 4.79 Å². The number of hydrogen-bond donors (Lipinski definition) is 2. The first-order valence-electron chi connectivity index (χ1n) is 6.77. The summed E-state index contributed by atoms with van der Waals surface area (Å²) in [7, 11) is 0. The van der Waals surface area contributed by atoms with E-state index in [2.05, 4.69) is 5.32 Å². The van der Waals surface area contributed by atoms with Crippen molar-refractivity contribution in [3.63, 3.8) is 0 Å². The summed E-state index contributed by atoms with van der Waals surface area (Å²) in [6.07, 6.45) is -1.07. The molecule has 2 N–H and O–H groups in total. The minimum absolute atomic E-state index is 0.0346. The Balaban J connectivity index is 2.04. The highest BCUT2D eigenvalue weighted by molar-refractivity contribution is 5.95. The van der Waals surface area contributed by atoms with Gasteiger partial charge < -0.3 is 10.4 Å². The molecule has 1 unspecified atom stereocenters. The standard InChI is InChI=1S/C17H18FNO2/c1-11-7-8-12(2)14(9-11)17(21)19-10-16(20)13-5-3-4-6-15(13)18/h3-9,16,20H,10H2,1-2H3,(H,19,21). The molecule has 0 heterocycles. The third-order valence-electron chi connectivity index (χ3n) is 3.36. The van der Waals surface area contributed by atoms with E-state index in [0.29, 0.717) is 5.56 Å². The van der Waals surface area contributed by atoms with Crippen molar-refractivity contribution in [2.24, 2.45) is 0 Å². The summed E-state index contributed by atoms with van der Waals surface area (Å²) in [6, 6.07) is 11.6. The molecule has 2 rings (SSSR count). The number of aliphatic hydroxyl groups is 1. The highest BCUT2D eigenvalue weighted by Crippen LogP contribution is 2.16. The molecule has 0 spiro atoms. The molecular weight excluding hydrogens is 269 g/mol. The van der Waals surface area contributed by atoms with Crippen molar-refractivity contribution in [3.8, 4) is 0 Å². The predicted octanol–water partition coefficient (Wildman–Crippen LogP) is 2.91. The Morgan fingerprint density at radius 2 is 1.95 bits per heavy atom. The Morgan fingerprint density at radius 1 is 1.24 bits per heavy atom. The van der Waals surface area contributed by atoms with Crippen LogP contribution in [0.3, 0.4) is 0 Å². The first kappa shape index (κ1) is 15.2. The lowest BCUT2D eigenvalue weighted by Gasteiger charge is -2.14. The van der Waals surface area contributed by atoms with Gasteiger partial charge in [0, 0.05) is 17.7 Å². The zero-order chi connectivity index (χ0) is 15.4. The second-order valence-electron chi connectivity index (χ2n) is 5.07. The van der Waals surface area contributed by atoms with Gasteiger partial charge in [-0.15, -0.1) is 0 Å². The lowest BCUT2D eigenvalue weighted by atomic mass is 10.0. The summed E-state index contributed by atoms with van der Waals surface area (Å²) in [5.74, 6) is -0.752. The van der Waals surface area contributed by atoms with E-state index in [1.54, 1.807) is 18.2 Å². The zero-order valence-electron chi connectivity index (χ0n) is 12.1. The van der Waals surface area contributed by atoms with Crippen LogP contribution in [0.4, 0.5) is 4.39 Å². The highest BCUT2D eigenvalue weighted by Gasteiger charge is 2.15. The van der Waals surface area contributed by atoms with Crippen molar-refractivity contribution in [1.29, 1.82) is 0 Å². The van der Waals surface area contributed by atoms with Crippen LogP contribution < -0.4 is 5.32 Å². The Morgan fingerprint density at radius 3 is 2.67 bits per heavy atom. The van der Waals surface area contributed by atoms with Gasteiger partial charge in [0.1, 0.15) is 5.82 Å². The van der Waals surface area contributed by atoms with Gasteiger partial charge in [0.25, 0.3) is 5.91 Å². The average molecular weight is 287 g/mol. The quantitative estimate of drug-likeness (QED) is 0.908. The number of aryl methyl sites for hydroxylation is 2. The van der Waals surface area contributed by atoms with E-state index in [9.17, 15) is 14.3 Å². The molecule has 2 aromatic rings. The maximum absolute atomic E-state index is 13.5. The van der Waals surface area contributed by atoms with E-state index in [0.717, 1.165) is 11.1 Å². The predicted molar refractivity (Wildman–Crippen MR) is 79.6 cm³/mol. The van der Waals surface area contributed by atoms with Crippen molar-refractivity contribution in [1.82, 2.24) is 5.32 Å². The van der Waals surface area contributed by atoms with E-state index in [4.69, 9.17) is 0 Å². The lowest BCUT2D eigenvalue weighted by Crippen LogP contribution is -2.29. The van der Waals surface area contributed by atoms with Crippen molar-refractivity contribution >= 4 is 5.91 Å². The normalized spacial score (nSPS) is 12.0. The number of halogens is 1. The number of hydrogen-bond acceptors (Lipinski definition) is 2. The zero-order valence-corrected chi connectivity index (χ0v) is 12.1. The molecule has 0 aliphatic carbocycles. The van der Waals surface area contributed by atoms with Gasteiger partial charge in [-0.05, 0) is 31.5 Å². The van der Waals surface area contributed by atoms with E-state index < -0.39 is 11.9 Å². The van der Waals surface area contributed by atoms with Crippen LogP contribution in [0.2, 0.25) is 0 Å². The molecule has 0 aliphatic heterocycles. The van der Waals surface area contributed by atoms with Gasteiger partial charge in [-0.25, -0.2) is 4.39 Å². The Hall–Kier alpha value is -2.20. The first-order chi connectivity index (χ1) is 9.99. The number of benzene rings is 2. The third kappa shape index (κ3) is 3.67. The van der Waals surface area contributed by atoms with E-state index in [1.165, 1.54) is 12.1 Å². The molecule has 1 atom stereocenters. The van der Waals surface area contributed by atoms with Gasteiger partial charge in [0.2, 0.25) is 0 Å². The first-order valence-corrected chi connectivity index (χ1v) is 6.77. The van der Waals surface area contributed by atoms with Crippen molar-refractivity contribution in [2.45, 2.75) is 20.0 Å². The third-order valence-corrected chi connectivity index (χ3v) is 3.36. The molecule has 0 bridgehead atoms. The lowest BCUT2D eigenvalue weighted by molar-refractivity contribution is 0.0913. The van der Waals surface area contributed by atoms with E-state index >= 15 is 0 Å². The van der Waals surface area contributed by atoms with Crippen LogP contribution in [0.25, 0.3) is 0 Å². The number of amides is 1. The molecule has 2 aromatic carbocycles. The van der Waals surface area contributed by atoms with Crippen LogP contribution in [-0.2, 0) is 0 Å². The fourth-order valence-electron chi connectivity index (χ4n) is 2.12. The summed E-state index contributed by atoms with van der Waals surface area (Å²) in [5.41, 5.74) is 2.59. The maximum atomic E-state index is 13.5. The van der Waals surface area contributed by atoms with Crippen LogP contribution >= 0.6 is 0 Å². The summed E-state index contributed by atoms with van der Waals surface area (Å²) in [4.78, 5) is 12.1. The Bertz CT molecular complexity index is 655. The molecule has 0 saturated carbocycles. The number of carbonyl (C=O) groups excluding carboxylic acids is 1. The molecule has 21 heavy (non-hydrogen) atoms. The van der Waals surface area contributed by atoms with Gasteiger partial charge in [-0.2, -0.15) is 0 Å².